The topological polar surface area (TPSA) is 66.4 Å². The summed E-state index contributed by atoms with van der Waals surface area (Å²) in [6.45, 7) is 2.54. The van der Waals surface area contributed by atoms with Crippen LogP contribution in [0.1, 0.15) is 43.9 Å². The van der Waals surface area contributed by atoms with Crippen LogP contribution in [0.3, 0.4) is 0 Å². The number of aliphatic hydroxyl groups is 1. The number of aliphatic hydroxyl groups excluding tert-OH is 1. The van der Waals surface area contributed by atoms with Gasteiger partial charge in [-0.25, -0.2) is 13.1 Å². The molecule has 1 aromatic rings. The summed E-state index contributed by atoms with van der Waals surface area (Å²) in [4.78, 5) is 0.942. The van der Waals surface area contributed by atoms with Crippen molar-refractivity contribution in [1.82, 2.24) is 4.72 Å². The van der Waals surface area contributed by atoms with Gasteiger partial charge in [0.1, 0.15) is 0 Å². The highest BCUT2D eigenvalue weighted by molar-refractivity contribution is 7.89. The molecular formula is C13H21NO3S2. The molecule has 1 aliphatic rings. The molecule has 0 saturated heterocycles. The fourth-order valence-corrected chi connectivity index (χ4v) is 4.99. The maximum Gasteiger partial charge on any atom is 0.241 e. The summed E-state index contributed by atoms with van der Waals surface area (Å²) in [6, 6.07) is 1.54. The van der Waals surface area contributed by atoms with Crippen molar-refractivity contribution in [1.29, 1.82) is 0 Å². The third kappa shape index (κ3) is 3.37. The van der Waals surface area contributed by atoms with Gasteiger partial charge in [-0.05, 0) is 30.7 Å². The van der Waals surface area contributed by atoms with E-state index in [4.69, 9.17) is 5.11 Å². The average Bonchev–Trinajstić information content (AvgIpc) is 3.06. The van der Waals surface area contributed by atoms with Crippen LogP contribution in [-0.4, -0.2) is 20.1 Å². The van der Waals surface area contributed by atoms with Crippen molar-refractivity contribution in [2.75, 3.05) is 6.54 Å². The van der Waals surface area contributed by atoms with Crippen molar-refractivity contribution < 1.29 is 13.5 Å². The Morgan fingerprint density at radius 3 is 2.63 bits per heavy atom. The predicted octanol–water partition coefficient (Wildman–Crippen LogP) is 2.49. The molecule has 1 saturated carbocycles. The van der Waals surface area contributed by atoms with E-state index in [-0.39, 0.29) is 16.9 Å². The first-order valence-electron chi connectivity index (χ1n) is 6.69. The zero-order valence-electron chi connectivity index (χ0n) is 11.2. The minimum atomic E-state index is -3.44. The molecule has 0 atom stereocenters. The van der Waals surface area contributed by atoms with Crippen molar-refractivity contribution in [3.63, 3.8) is 0 Å². The maximum atomic E-state index is 12.2. The Morgan fingerprint density at radius 2 is 2.11 bits per heavy atom. The summed E-state index contributed by atoms with van der Waals surface area (Å²) < 4.78 is 27.1. The number of thiophene rings is 1. The first kappa shape index (κ1) is 15.0. The molecule has 19 heavy (non-hydrogen) atoms. The molecule has 108 valence electrons. The van der Waals surface area contributed by atoms with Gasteiger partial charge in [-0.2, -0.15) is 0 Å². The number of nitrogens with one attached hydrogen (secondary N) is 1. The predicted molar refractivity (Wildman–Crippen MR) is 76.6 cm³/mol. The zero-order valence-corrected chi connectivity index (χ0v) is 12.8. The summed E-state index contributed by atoms with van der Waals surface area (Å²) in [6.07, 6.45) is 5.63. The molecule has 1 fully saturated rings. The Morgan fingerprint density at radius 1 is 1.42 bits per heavy atom. The zero-order chi connectivity index (χ0) is 13.9. The van der Waals surface area contributed by atoms with Crippen molar-refractivity contribution >= 4 is 21.4 Å². The third-order valence-corrected chi connectivity index (χ3v) is 6.60. The molecule has 0 unspecified atom stereocenters. The van der Waals surface area contributed by atoms with Crippen LogP contribution < -0.4 is 4.72 Å². The van der Waals surface area contributed by atoms with Crippen LogP contribution in [0.5, 0.6) is 0 Å². The lowest BCUT2D eigenvalue weighted by Crippen LogP contribution is -2.35. The lowest BCUT2D eigenvalue weighted by molar-refractivity contribution is 0.285. The molecule has 4 nitrogen and oxygen atoms in total. The molecule has 0 amide bonds. The molecule has 1 heterocycles. The molecule has 0 bridgehead atoms. The second-order valence-electron chi connectivity index (χ2n) is 5.29. The summed E-state index contributed by atoms with van der Waals surface area (Å²) in [5.41, 5.74) is 0.142. The SMILES string of the molecule is CCC1(CNS(=O)(=O)c2csc(CO)c2)CCCC1. The lowest BCUT2D eigenvalue weighted by Gasteiger charge is -2.27. The van der Waals surface area contributed by atoms with Gasteiger partial charge in [-0.1, -0.05) is 19.8 Å². The van der Waals surface area contributed by atoms with Crippen LogP contribution in [0.15, 0.2) is 16.3 Å². The van der Waals surface area contributed by atoms with E-state index in [0.717, 1.165) is 19.3 Å². The maximum absolute atomic E-state index is 12.2. The highest BCUT2D eigenvalue weighted by Gasteiger charge is 2.33. The Hall–Kier alpha value is -0.430. The van der Waals surface area contributed by atoms with Gasteiger partial charge in [0.15, 0.2) is 0 Å². The fraction of sp³-hybridized carbons (Fsp3) is 0.692. The monoisotopic (exact) mass is 303 g/mol. The summed E-state index contributed by atoms with van der Waals surface area (Å²) >= 11 is 1.27. The van der Waals surface area contributed by atoms with Crippen LogP contribution >= 0.6 is 11.3 Å². The fourth-order valence-electron chi connectivity index (χ4n) is 2.70. The molecular weight excluding hydrogens is 282 g/mol. The van der Waals surface area contributed by atoms with Gasteiger partial charge in [-0.3, -0.25) is 0 Å². The van der Waals surface area contributed by atoms with Gasteiger partial charge in [0.25, 0.3) is 0 Å². The van der Waals surface area contributed by atoms with Gasteiger partial charge in [-0.15, -0.1) is 11.3 Å². The van der Waals surface area contributed by atoms with E-state index in [9.17, 15) is 8.42 Å². The Balaban J connectivity index is 2.05. The van der Waals surface area contributed by atoms with Crippen LogP contribution in [-0.2, 0) is 16.6 Å². The van der Waals surface area contributed by atoms with Crippen LogP contribution in [0, 0.1) is 5.41 Å². The molecule has 1 aromatic heterocycles. The number of hydrogen-bond donors (Lipinski definition) is 2. The number of hydrogen-bond acceptors (Lipinski definition) is 4. The molecule has 0 aromatic carbocycles. The lowest BCUT2D eigenvalue weighted by atomic mass is 9.84. The highest BCUT2D eigenvalue weighted by atomic mass is 32.2. The molecule has 2 rings (SSSR count). The van der Waals surface area contributed by atoms with Gasteiger partial charge >= 0.3 is 0 Å². The molecule has 0 aliphatic heterocycles. The van der Waals surface area contributed by atoms with Gasteiger partial charge in [0, 0.05) is 16.8 Å². The Kier molecular flexibility index (Phi) is 4.66. The highest BCUT2D eigenvalue weighted by Crippen LogP contribution is 2.40. The van der Waals surface area contributed by atoms with E-state index >= 15 is 0 Å². The van der Waals surface area contributed by atoms with Crippen molar-refractivity contribution in [2.24, 2.45) is 5.41 Å². The third-order valence-electron chi connectivity index (χ3n) is 4.15. The van der Waals surface area contributed by atoms with Gasteiger partial charge in [0.2, 0.25) is 10.0 Å². The molecule has 1 aliphatic carbocycles. The summed E-state index contributed by atoms with van der Waals surface area (Å²) in [7, 11) is -3.44. The van der Waals surface area contributed by atoms with Crippen LogP contribution in [0.25, 0.3) is 0 Å². The van der Waals surface area contributed by atoms with Crippen molar-refractivity contribution in [3.05, 3.63) is 16.3 Å². The van der Waals surface area contributed by atoms with E-state index < -0.39 is 10.0 Å². The summed E-state index contributed by atoms with van der Waals surface area (Å²) in [5.74, 6) is 0. The van der Waals surface area contributed by atoms with E-state index in [0.29, 0.717) is 11.4 Å². The number of rotatable bonds is 6. The first-order chi connectivity index (χ1) is 9.01. The van der Waals surface area contributed by atoms with E-state index in [1.54, 1.807) is 11.4 Å². The smallest absolute Gasteiger partial charge is 0.241 e. The minimum Gasteiger partial charge on any atom is -0.391 e. The standard InChI is InChI=1S/C13H21NO3S2/c1-2-13(5-3-4-6-13)10-14-19(16,17)12-7-11(8-15)18-9-12/h7,9,14-15H,2-6,8,10H2,1H3. The quantitative estimate of drug-likeness (QED) is 0.848. The molecule has 2 N–H and O–H groups in total. The Labute approximate surface area is 118 Å². The van der Waals surface area contributed by atoms with Crippen molar-refractivity contribution in [2.45, 2.75) is 50.5 Å². The van der Waals surface area contributed by atoms with Crippen molar-refractivity contribution in [3.8, 4) is 0 Å². The largest absolute Gasteiger partial charge is 0.391 e. The van der Waals surface area contributed by atoms with Crippen LogP contribution in [0.4, 0.5) is 0 Å². The Bertz CT molecular complexity index is 516. The van der Waals surface area contributed by atoms with E-state index in [1.165, 1.54) is 24.2 Å². The first-order valence-corrected chi connectivity index (χ1v) is 9.05. The van der Waals surface area contributed by atoms with Gasteiger partial charge < -0.3 is 5.11 Å². The number of sulfonamides is 1. The summed E-state index contributed by atoms with van der Waals surface area (Å²) in [5, 5.41) is 10.6. The second kappa shape index (κ2) is 5.91. The second-order valence-corrected chi connectivity index (χ2v) is 8.05. The minimum absolute atomic E-state index is 0.112. The van der Waals surface area contributed by atoms with E-state index in [1.807, 2.05) is 0 Å². The average molecular weight is 303 g/mol. The molecule has 0 spiro atoms. The van der Waals surface area contributed by atoms with Gasteiger partial charge in [0.05, 0.1) is 11.5 Å². The molecule has 0 radical (unpaired) electrons. The molecule has 6 heteroatoms. The van der Waals surface area contributed by atoms with Crippen LogP contribution in [0.2, 0.25) is 0 Å². The van der Waals surface area contributed by atoms with E-state index in [2.05, 4.69) is 11.6 Å². The normalized spacial score (nSPS) is 18.8.